The fourth-order valence-electron chi connectivity index (χ4n) is 2.78. The molecule has 3 rings (SSSR count). The Morgan fingerprint density at radius 3 is 2.58 bits per heavy atom. The van der Waals surface area contributed by atoms with Crippen LogP contribution in [0.2, 0.25) is 0 Å². The highest BCUT2D eigenvalue weighted by Gasteiger charge is 2.03. The molecular formula is C21H25N5. The monoisotopic (exact) mass is 347 g/mol. The molecule has 0 aliphatic heterocycles. The number of aromatic nitrogens is 2. The normalized spacial score (nSPS) is 11.5. The Morgan fingerprint density at radius 1 is 1.08 bits per heavy atom. The summed E-state index contributed by atoms with van der Waals surface area (Å²) in [5, 5.41) is 3.13. The van der Waals surface area contributed by atoms with Crippen LogP contribution in [0.4, 0.5) is 5.69 Å². The van der Waals surface area contributed by atoms with Crippen LogP contribution in [0.1, 0.15) is 23.9 Å². The van der Waals surface area contributed by atoms with Gasteiger partial charge in [-0.1, -0.05) is 49.4 Å². The fourth-order valence-corrected chi connectivity index (χ4v) is 2.78. The van der Waals surface area contributed by atoms with E-state index in [-0.39, 0.29) is 0 Å². The smallest absolute Gasteiger partial charge is 0.193 e. The fraction of sp³-hybridized carbons (Fsp3) is 0.238. The number of anilines is 1. The maximum Gasteiger partial charge on any atom is 0.193 e. The van der Waals surface area contributed by atoms with Gasteiger partial charge in [0.2, 0.25) is 0 Å². The van der Waals surface area contributed by atoms with Crippen molar-refractivity contribution in [3.63, 3.8) is 0 Å². The van der Waals surface area contributed by atoms with E-state index in [1.807, 2.05) is 30.6 Å². The topological polar surface area (TPSA) is 68.2 Å². The van der Waals surface area contributed by atoms with Crippen molar-refractivity contribution in [2.75, 3.05) is 11.9 Å². The van der Waals surface area contributed by atoms with Crippen LogP contribution in [0.25, 0.3) is 0 Å². The number of imidazole rings is 1. The molecule has 1 heterocycles. The number of hydrogen-bond acceptors (Lipinski definition) is 2. The lowest BCUT2D eigenvalue weighted by molar-refractivity contribution is 0.716. The van der Waals surface area contributed by atoms with Crippen LogP contribution in [0.3, 0.4) is 0 Å². The first-order valence-electron chi connectivity index (χ1n) is 8.94. The van der Waals surface area contributed by atoms with Crippen molar-refractivity contribution in [3.8, 4) is 0 Å². The second kappa shape index (κ2) is 8.85. The Bertz CT molecular complexity index is 834. The molecule has 0 radical (unpaired) electrons. The first-order valence-corrected chi connectivity index (χ1v) is 8.94. The Morgan fingerprint density at radius 2 is 1.85 bits per heavy atom. The number of aliphatic imine (C=N–C) groups is 1. The van der Waals surface area contributed by atoms with Crippen molar-refractivity contribution in [2.45, 2.75) is 26.3 Å². The largest absolute Gasteiger partial charge is 0.370 e. The summed E-state index contributed by atoms with van der Waals surface area (Å²) < 4.78 is 2.15. The summed E-state index contributed by atoms with van der Waals surface area (Å²) in [6.45, 7) is 3.55. The molecule has 0 fully saturated rings. The molecule has 0 atom stereocenters. The molecule has 0 aliphatic carbocycles. The number of aryl methyl sites for hydroxylation is 1. The quantitative estimate of drug-likeness (QED) is 0.508. The van der Waals surface area contributed by atoms with Gasteiger partial charge in [-0.3, -0.25) is 4.99 Å². The van der Waals surface area contributed by atoms with Gasteiger partial charge in [-0.05, 0) is 29.7 Å². The summed E-state index contributed by atoms with van der Waals surface area (Å²) in [6.07, 6.45) is 5.61. The summed E-state index contributed by atoms with van der Waals surface area (Å²) in [5.74, 6) is 1.44. The van der Waals surface area contributed by atoms with Gasteiger partial charge in [-0.25, -0.2) is 4.98 Å². The lowest BCUT2D eigenvalue weighted by Gasteiger charge is -2.08. The van der Waals surface area contributed by atoms with E-state index in [1.165, 1.54) is 11.1 Å². The molecule has 5 heteroatoms. The third kappa shape index (κ3) is 4.96. The van der Waals surface area contributed by atoms with Crippen LogP contribution in [0.5, 0.6) is 0 Å². The SMILES string of the molecule is CCc1ccc(NC(N)=NCCc2nccn2Cc2ccccc2)cc1. The van der Waals surface area contributed by atoms with Crippen LogP contribution >= 0.6 is 0 Å². The standard InChI is InChI=1S/C21H25N5/c1-2-17-8-10-19(11-9-17)25-21(22)24-13-12-20-23-14-15-26(20)16-18-6-4-3-5-7-18/h3-11,14-15H,2,12-13,16H2,1H3,(H3,22,24,25). The number of nitrogens with two attached hydrogens (primary N) is 1. The number of nitrogens with zero attached hydrogens (tertiary/aromatic N) is 3. The van der Waals surface area contributed by atoms with Gasteiger partial charge in [0.25, 0.3) is 0 Å². The van der Waals surface area contributed by atoms with Gasteiger partial charge in [0.05, 0.1) is 0 Å². The van der Waals surface area contributed by atoms with Gasteiger partial charge in [-0.15, -0.1) is 0 Å². The molecular weight excluding hydrogens is 322 g/mol. The lowest BCUT2D eigenvalue weighted by Crippen LogP contribution is -2.23. The zero-order valence-corrected chi connectivity index (χ0v) is 15.1. The molecule has 134 valence electrons. The highest BCUT2D eigenvalue weighted by Crippen LogP contribution is 2.10. The number of rotatable bonds is 7. The second-order valence-corrected chi connectivity index (χ2v) is 6.15. The number of nitrogens with one attached hydrogen (secondary N) is 1. The molecule has 2 aromatic carbocycles. The highest BCUT2D eigenvalue weighted by molar-refractivity contribution is 5.92. The van der Waals surface area contributed by atoms with Crippen molar-refractivity contribution >= 4 is 11.6 Å². The van der Waals surface area contributed by atoms with Crippen molar-refractivity contribution in [1.82, 2.24) is 9.55 Å². The Kier molecular flexibility index (Phi) is 6.04. The molecule has 0 saturated carbocycles. The van der Waals surface area contributed by atoms with E-state index in [4.69, 9.17) is 5.73 Å². The predicted octanol–water partition coefficient (Wildman–Crippen LogP) is 3.46. The van der Waals surface area contributed by atoms with Gasteiger partial charge in [-0.2, -0.15) is 0 Å². The molecule has 0 saturated heterocycles. The van der Waals surface area contributed by atoms with E-state index < -0.39 is 0 Å². The second-order valence-electron chi connectivity index (χ2n) is 6.15. The first-order chi connectivity index (χ1) is 12.7. The third-order valence-electron chi connectivity index (χ3n) is 4.25. The van der Waals surface area contributed by atoms with E-state index in [0.717, 1.165) is 30.9 Å². The Hall–Kier alpha value is -3.08. The van der Waals surface area contributed by atoms with Crippen LogP contribution < -0.4 is 11.1 Å². The molecule has 3 aromatic rings. The molecule has 0 unspecified atom stereocenters. The molecule has 3 N–H and O–H groups in total. The number of hydrogen-bond donors (Lipinski definition) is 2. The minimum atomic E-state index is 0.426. The Labute approximate surface area is 154 Å². The van der Waals surface area contributed by atoms with E-state index >= 15 is 0 Å². The highest BCUT2D eigenvalue weighted by atomic mass is 15.1. The zero-order valence-electron chi connectivity index (χ0n) is 15.1. The van der Waals surface area contributed by atoms with Gasteiger partial charge in [0.15, 0.2) is 5.96 Å². The van der Waals surface area contributed by atoms with Crippen LogP contribution in [0.15, 0.2) is 72.0 Å². The minimum absolute atomic E-state index is 0.426. The molecule has 1 aromatic heterocycles. The molecule has 0 aliphatic rings. The van der Waals surface area contributed by atoms with E-state index in [2.05, 4.69) is 63.2 Å². The van der Waals surface area contributed by atoms with E-state index in [0.29, 0.717) is 12.5 Å². The summed E-state index contributed by atoms with van der Waals surface area (Å²) in [5.41, 5.74) is 9.50. The van der Waals surface area contributed by atoms with Gasteiger partial charge in [0.1, 0.15) is 5.82 Å². The van der Waals surface area contributed by atoms with Crippen molar-refractivity contribution < 1.29 is 0 Å². The van der Waals surface area contributed by atoms with Crippen LogP contribution in [-0.2, 0) is 19.4 Å². The summed E-state index contributed by atoms with van der Waals surface area (Å²) in [7, 11) is 0. The maximum absolute atomic E-state index is 5.99. The average Bonchev–Trinajstić information content (AvgIpc) is 3.10. The third-order valence-corrected chi connectivity index (χ3v) is 4.25. The van der Waals surface area contributed by atoms with E-state index in [9.17, 15) is 0 Å². The minimum Gasteiger partial charge on any atom is -0.370 e. The summed E-state index contributed by atoms with van der Waals surface area (Å²) >= 11 is 0. The van der Waals surface area contributed by atoms with E-state index in [1.54, 1.807) is 0 Å². The van der Waals surface area contributed by atoms with Crippen LogP contribution in [-0.4, -0.2) is 22.1 Å². The average molecular weight is 347 g/mol. The Balaban J connectivity index is 1.54. The molecule has 5 nitrogen and oxygen atoms in total. The van der Waals surface area contributed by atoms with Crippen LogP contribution in [0, 0.1) is 0 Å². The van der Waals surface area contributed by atoms with Gasteiger partial charge >= 0.3 is 0 Å². The van der Waals surface area contributed by atoms with Gasteiger partial charge < -0.3 is 15.6 Å². The lowest BCUT2D eigenvalue weighted by atomic mass is 10.1. The van der Waals surface area contributed by atoms with Gasteiger partial charge in [0, 0.05) is 37.6 Å². The molecule has 0 bridgehead atoms. The van der Waals surface area contributed by atoms with Crippen molar-refractivity contribution in [3.05, 3.63) is 83.9 Å². The number of guanidine groups is 1. The van der Waals surface area contributed by atoms with Crippen molar-refractivity contribution in [1.29, 1.82) is 0 Å². The maximum atomic E-state index is 5.99. The number of benzene rings is 2. The molecule has 0 amide bonds. The first kappa shape index (κ1) is 17.7. The summed E-state index contributed by atoms with van der Waals surface area (Å²) in [6, 6.07) is 18.6. The molecule has 0 spiro atoms. The van der Waals surface area contributed by atoms with Crippen molar-refractivity contribution in [2.24, 2.45) is 10.7 Å². The zero-order chi connectivity index (χ0) is 18.2. The predicted molar refractivity (Wildman–Crippen MR) is 107 cm³/mol. The molecule has 26 heavy (non-hydrogen) atoms. The summed E-state index contributed by atoms with van der Waals surface area (Å²) in [4.78, 5) is 8.86.